The SMILES string of the molecule is CCCCCCCOc1cccc(NC(=O)OCCN2CCCCCC2)c1. The lowest BCUT2D eigenvalue weighted by Crippen LogP contribution is -2.30. The number of carbonyl (C=O) groups is 1. The van der Waals surface area contributed by atoms with E-state index in [0.29, 0.717) is 18.9 Å². The lowest BCUT2D eigenvalue weighted by atomic mass is 10.2. The van der Waals surface area contributed by atoms with Gasteiger partial charge in [0.15, 0.2) is 0 Å². The lowest BCUT2D eigenvalue weighted by molar-refractivity contribution is 0.140. The Morgan fingerprint density at radius 1 is 1.04 bits per heavy atom. The van der Waals surface area contributed by atoms with E-state index in [1.807, 2.05) is 24.3 Å². The molecule has 2 rings (SSSR count). The number of ether oxygens (including phenoxy) is 2. The summed E-state index contributed by atoms with van der Waals surface area (Å²) in [5, 5.41) is 2.79. The van der Waals surface area contributed by atoms with Gasteiger partial charge in [0.05, 0.1) is 6.61 Å². The Kier molecular flexibility index (Phi) is 10.7. The Hall–Kier alpha value is -1.75. The largest absolute Gasteiger partial charge is 0.494 e. The van der Waals surface area contributed by atoms with Gasteiger partial charge in [-0.15, -0.1) is 0 Å². The van der Waals surface area contributed by atoms with E-state index < -0.39 is 6.09 Å². The third kappa shape index (κ3) is 9.66. The number of amides is 1. The van der Waals surface area contributed by atoms with Crippen LogP contribution in [0.2, 0.25) is 0 Å². The van der Waals surface area contributed by atoms with Gasteiger partial charge in [-0.3, -0.25) is 10.2 Å². The second-order valence-corrected chi connectivity index (χ2v) is 7.31. The minimum absolute atomic E-state index is 0.401. The minimum atomic E-state index is -0.401. The Labute approximate surface area is 164 Å². The molecule has 0 bridgehead atoms. The zero-order valence-electron chi connectivity index (χ0n) is 16.9. The van der Waals surface area contributed by atoms with Crippen molar-refractivity contribution in [3.63, 3.8) is 0 Å². The smallest absolute Gasteiger partial charge is 0.411 e. The predicted octanol–water partition coefficient (Wildman–Crippen LogP) is 5.46. The van der Waals surface area contributed by atoms with E-state index in [1.165, 1.54) is 51.4 Å². The summed E-state index contributed by atoms with van der Waals surface area (Å²) in [6, 6.07) is 7.51. The molecule has 1 aromatic rings. The molecule has 1 fully saturated rings. The van der Waals surface area contributed by atoms with Crippen molar-refractivity contribution in [3.05, 3.63) is 24.3 Å². The number of unbranched alkanes of at least 4 members (excludes halogenated alkanes) is 4. The molecule has 1 aromatic carbocycles. The minimum Gasteiger partial charge on any atom is -0.494 e. The second-order valence-electron chi connectivity index (χ2n) is 7.31. The molecule has 5 heteroatoms. The van der Waals surface area contributed by atoms with Gasteiger partial charge in [0.25, 0.3) is 0 Å². The quantitative estimate of drug-likeness (QED) is 0.521. The van der Waals surface area contributed by atoms with Gasteiger partial charge >= 0.3 is 6.09 Å². The number of likely N-dealkylation sites (tertiary alicyclic amines) is 1. The molecule has 1 heterocycles. The first kappa shape index (κ1) is 21.5. The maximum Gasteiger partial charge on any atom is 0.411 e. The number of rotatable bonds is 11. The van der Waals surface area contributed by atoms with Crippen LogP contribution in [0.5, 0.6) is 5.75 Å². The van der Waals surface area contributed by atoms with Crippen LogP contribution >= 0.6 is 0 Å². The van der Waals surface area contributed by atoms with E-state index in [2.05, 4.69) is 17.1 Å². The van der Waals surface area contributed by atoms with Crippen LogP contribution < -0.4 is 10.1 Å². The summed E-state index contributed by atoms with van der Waals surface area (Å²) < 4.78 is 11.1. The molecule has 1 aliphatic heterocycles. The number of benzene rings is 1. The molecule has 0 spiro atoms. The Morgan fingerprint density at radius 3 is 2.59 bits per heavy atom. The monoisotopic (exact) mass is 376 g/mol. The standard InChI is InChI=1S/C22H36N2O3/c1-2-3-4-7-10-17-26-21-13-11-12-20(19-21)23-22(25)27-18-16-24-14-8-5-6-9-15-24/h11-13,19H,2-10,14-18H2,1H3,(H,23,25). The molecule has 0 radical (unpaired) electrons. The van der Waals surface area contributed by atoms with Crippen LogP contribution in [0.25, 0.3) is 0 Å². The molecule has 0 aromatic heterocycles. The Balaban J connectivity index is 1.63. The normalized spacial score (nSPS) is 15.1. The first-order valence-electron chi connectivity index (χ1n) is 10.7. The van der Waals surface area contributed by atoms with Crippen LogP contribution in [0.1, 0.15) is 64.7 Å². The summed E-state index contributed by atoms with van der Waals surface area (Å²) in [5.74, 6) is 0.785. The summed E-state index contributed by atoms with van der Waals surface area (Å²) in [5.41, 5.74) is 0.707. The number of hydrogen-bond acceptors (Lipinski definition) is 4. The van der Waals surface area contributed by atoms with Crippen LogP contribution in [-0.2, 0) is 4.74 Å². The van der Waals surface area contributed by atoms with E-state index in [0.717, 1.165) is 31.8 Å². The first-order valence-corrected chi connectivity index (χ1v) is 10.7. The average Bonchev–Trinajstić information content (AvgIpc) is 2.94. The summed E-state index contributed by atoms with van der Waals surface area (Å²) in [7, 11) is 0. The number of anilines is 1. The van der Waals surface area contributed by atoms with Crippen molar-refractivity contribution in [2.24, 2.45) is 0 Å². The molecule has 0 saturated carbocycles. The predicted molar refractivity (Wildman–Crippen MR) is 111 cm³/mol. The van der Waals surface area contributed by atoms with E-state index in [4.69, 9.17) is 9.47 Å². The number of nitrogens with one attached hydrogen (secondary N) is 1. The molecular formula is C22H36N2O3. The average molecular weight is 377 g/mol. The Morgan fingerprint density at radius 2 is 1.81 bits per heavy atom. The highest BCUT2D eigenvalue weighted by atomic mass is 16.5. The molecule has 1 N–H and O–H groups in total. The third-order valence-electron chi connectivity index (χ3n) is 4.94. The van der Waals surface area contributed by atoms with Crippen molar-refractivity contribution in [3.8, 4) is 5.75 Å². The number of hydrogen-bond donors (Lipinski definition) is 1. The molecular weight excluding hydrogens is 340 g/mol. The summed E-state index contributed by atoms with van der Waals surface area (Å²) in [4.78, 5) is 14.4. The number of carbonyl (C=O) groups excluding carboxylic acids is 1. The number of nitrogens with zero attached hydrogens (tertiary/aromatic N) is 1. The van der Waals surface area contributed by atoms with Crippen molar-refractivity contribution in [2.45, 2.75) is 64.7 Å². The summed E-state index contributed by atoms with van der Waals surface area (Å²) >= 11 is 0. The van der Waals surface area contributed by atoms with Gasteiger partial charge in [0.1, 0.15) is 12.4 Å². The van der Waals surface area contributed by atoms with Crippen LogP contribution in [-0.4, -0.2) is 43.8 Å². The Bertz CT molecular complexity index is 528. The molecule has 1 amide bonds. The van der Waals surface area contributed by atoms with E-state index in [1.54, 1.807) is 0 Å². The molecule has 0 aliphatic carbocycles. The van der Waals surface area contributed by atoms with Gasteiger partial charge in [0, 0.05) is 18.3 Å². The van der Waals surface area contributed by atoms with Crippen LogP contribution in [0.4, 0.5) is 10.5 Å². The molecule has 27 heavy (non-hydrogen) atoms. The summed E-state index contributed by atoms with van der Waals surface area (Å²) in [6.07, 6.45) is 10.8. The van der Waals surface area contributed by atoms with Crippen molar-refractivity contribution >= 4 is 11.8 Å². The van der Waals surface area contributed by atoms with Crippen LogP contribution in [0.15, 0.2) is 24.3 Å². The molecule has 1 saturated heterocycles. The molecule has 152 valence electrons. The fraction of sp³-hybridized carbons (Fsp3) is 0.682. The van der Waals surface area contributed by atoms with Gasteiger partial charge in [-0.05, 0) is 44.5 Å². The highest BCUT2D eigenvalue weighted by Gasteiger charge is 2.10. The van der Waals surface area contributed by atoms with Gasteiger partial charge in [-0.2, -0.15) is 0 Å². The zero-order chi connectivity index (χ0) is 19.2. The van der Waals surface area contributed by atoms with Crippen LogP contribution in [0.3, 0.4) is 0 Å². The highest BCUT2D eigenvalue weighted by molar-refractivity contribution is 5.84. The van der Waals surface area contributed by atoms with Crippen molar-refractivity contribution < 1.29 is 14.3 Å². The molecule has 0 unspecified atom stereocenters. The maximum absolute atomic E-state index is 12.0. The van der Waals surface area contributed by atoms with Crippen molar-refractivity contribution in [1.82, 2.24) is 4.90 Å². The highest BCUT2D eigenvalue weighted by Crippen LogP contribution is 2.18. The van der Waals surface area contributed by atoms with E-state index >= 15 is 0 Å². The van der Waals surface area contributed by atoms with Gasteiger partial charge in [0.2, 0.25) is 0 Å². The zero-order valence-corrected chi connectivity index (χ0v) is 16.9. The lowest BCUT2D eigenvalue weighted by Gasteiger charge is -2.19. The van der Waals surface area contributed by atoms with Crippen LogP contribution in [0, 0.1) is 0 Å². The topological polar surface area (TPSA) is 50.8 Å². The van der Waals surface area contributed by atoms with Gasteiger partial charge in [-0.25, -0.2) is 4.79 Å². The van der Waals surface area contributed by atoms with E-state index in [-0.39, 0.29) is 0 Å². The maximum atomic E-state index is 12.0. The molecule has 5 nitrogen and oxygen atoms in total. The fourth-order valence-electron chi connectivity index (χ4n) is 3.34. The fourth-order valence-corrected chi connectivity index (χ4v) is 3.34. The molecule has 0 atom stereocenters. The van der Waals surface area contributed by atoms with Crippen molar-refractivity contribution in [2.75, 3.05) is 38.2 Å². The third-order valence-corrected chi connectivity index (χ3v) is 4.94. The van der Waals surface area contributed by atoms with E-state index in [9.17, 15) is 4.79 Å². The molecule has 1 aliphatic rings. The summed E-state index contributed by atoms with van der Waals surface area (Å²) in [6.45, 7) is 6.41. The van der Waals surface area contributed by atoms with Gasteiger partial charge < -0.3 is 9.47 Å². The first-order chi connectivity index (χ1) is 13.3. The second kappa shape index (κ2) is 13.4. The van der Waals surface area contributed by atoms with Crippen molar-refractivity contribution in [1.29, 1.82) is 0 Å². The van der Waals surface area contributed by atoms with Gasteiger partial charge in [-0.1, -0.05) is 51.5 Å².